The van der Waals surface area contributed by atoms with E-state index in [0.717, 1.165) is 0 Å². The lowest BCUT2D eigenvalue weighted by molar-refractivity contribution is 0.467. The fourth-order valence-corrected chi connectivity index (χ4v) is 1.79. The summed E-state index contributed by atoms with van der Waals surface area (Å²) in [7, 11) is -2.80. The van der Waals surface area contributed by atoms with E-state index in [-0.39, 0.29) is 23.5 Å². The van der Waals surface area contributed by atoms with E-state index >= 15 is 0 Å². The molecule has 0 aliphatic carbocycles. The van der Waals surface area contributed by atoms with Gasteiger partial charge in [0, 0.05) is 11.8 Å². The second-order valence-electron chi connectivity index (χ2n) is 3.36. The Morgan fingerprint density at radius 1 is 1.33 bits per heavy atom. The van der Waals surface area contributed by atoms with Crippen molar-refractivity contribution in [1.82, 2.24) is 0 Å². The van der Waals surface area contributed by atoms with Gasteiger partial charge in [-0.25, -0.2) is 8.42 Å². The quantitative estimate of drug-likeness (QED) is 0.702. The van der Waals surface area contributed by atoms with Crippen molar-refractivity contribution in [3.8, 4) is 0 Å². The van der Waals surface area contributed by atoms with E-state index in [4.69, 9.17) is 5.73 Å². The maximum absolute atomic E-state index is 11.1. The summed E-state index contributed by atoms with van der Waals surface area (Å²) in [6.45, 7) is 5.56. The third kappa shape index (κ3) is 4.72. The van der Waals surface area contributed by atoms with Gasteiger partial charge >= 0.3 is 0 Å². The lowest BCUT2D eigenvalue weighted by atomic mass is 10.0. The first kappa shape index (κ1) is 11.9. The lowest BCUT2D eigenvalue weighted by Gasteiger charge is -2.14. The normalized spacial score (nSPS) is 17.3. The molecule has 0 heterocycles. The van der Waals surface area contributed by atoms with Gasteiger partial charge < -0.3 is 5.73 Å². The van der Waals surface area contributed by atoms with Gasteiger partial charge in [0.1, 0.15) is 9.84 Å². The first-order chi connectivity index (χ1) is 5.39. The Hall–Kier alpha value is -0.0900. The average Bonchev–Trinajstić information content (AvgIpc) is 2.00. The van der Waals surface area contributed by atoms with Crippen LogP contribution < -0.4 is 5.73 Å². The molecule has 0 fully saturated rings. The van der Waals surface area contributed by atoms with Crippen LogP contribution in [-0.4, -0.2) is 26.0 Å². The van der Waals surface area contributed by atoms with Gasteiger partial charge in [0.2, 0.25) is 0 Å². The summed E-state index contributed by atoms with van der Waals surface area (Å²) in [6.07, 6.45) is 0.674. The van der Waals surface area contributed by atoms with E-state index in [1.165, 1.54) is 0 Å². The minimum Gasteiger partial charge on any atom is -0.328 e. The van der Waals surface area contributed by atoms with E-state index in [9.17, 15) is 8.42 Å². The predicted octanol–water partition coefficient (Wildman–Crippen LogP) is 0.794. The molecule has 3 nitrogen and oxygen atoms in total. The SMILES string of the molecule is CCS(=O)(=O)CCC(C)C(C)N. The Labute approximate surface area is 75.3 Å². The molecular weight excluding hydrogens is 174 g/mol. The molecule has 2 N–H and O–H groups in total. The number of nitrogens with two attached hydrogens (primary N) is 1. The van der Waals surface area contributed by atoms with Crippen LogP contribution in [0.4, 0.5) is 0 Å². The zero-order valence-electron chi connectivity index (χ0n) is 8.08. The summed E-state index contributed by atoms with van der Waals surface area (Å²) in [5, 5.41) is 0. The van der Waals surface area contributed by atoms with E-state index in [1.54, 1.807) is 6.92 Å². The van der Waals surface area contributed by atoms with Crippen molar-refractivity contribution in [2.75, 3.05) is 11.5 Å². The van der Waals surface area contributed by atoms with Crippen molar-refractivity contribution in [1.29, 1.82) is 0 Å². The zero-order chi connectivity index (χ0) is 9.78. The Morgan fingerprint density at radius 2 is 1.83 bits per heavy atom. The summed E-state index contributed by atoms with van der Waals surface area (Å²) in [4.78, 5) is 0. The third-order valence-corrected chi connectivity index (χ3v) is 3.96. The van der Waals surface area contributed by atoms with Crippen molar-refractivity contribution in [3.05, 3.63) is 0 Å². The molecule has 0 aromatic rings. The highest BCUT2D eigenvalue weighted by Gasteiger charge is 2.12. The van der Waals surface area contributed by atoms with Crippen molar-refractivity contribution in [2.24, 2.45) is 11.7 Å². The van der Waals surface area contributed by atoms with Gasteiger partial charge in [0.25, 0.3) is 0 Å². The minimum atomic E-state index is -2.80. The molecule has 0 amide bonds. The van der Waals surface area contributed by atoms with Crippen LogP contribution in [-0.2, 0) is 9.84 Å². The topological polar surface area (TPSA) is 60.2 Å². The Kier molecular flexibility index (Phi) is 4.78. The van der Waals surface area contributed by atoms with Crippen LogP contribution in [0, 0.1) is 5.92 Å². The van der Waals surface area contributed by atoms with Crippen molar-refractivity contribution < 1.29 is 8.42 Å². The highest BCUT2D eigenvalue weighted by atomic mass is 32.2. The summed E-state index contributed by atoms with van der Waals surface area (Å²) < 4.78 is 22.2. The molecule has 0 radical (unpaired) electrons. The van der Waals surface area contributed by atoms with Crippen LogP contribution in [0.1, 0.15) is 27.2 Å². The maximum atomic E-state index is 11.1. The molecule has 0 saturated heterocycles. The molecular formula is C8H19NO2S. The van der Waals surface area contributed by atoms with Crippen LogP contribution in [0.2, 0.25) is 0 Å². The molecule has 2 atom stereocenters. The fourth-order valence-electron chi connectivity index (χ4n) is 0.773. The molecule has 0 aliphatic heterocycles. The molecule has 74 valence electrons. The Balaban J connectivity index is 3.84. The molecule has 0 aliphatic rings. The molecule has 0 rings (SSSR count). The highest BCUT2D eigenvalue weighted by Crippen LogP contribution is 2.07. The summed E-state index contributed by atoms with van der Waals surface area (Å²) in [5.74, 6) is 0.788. The van der Waals surface area contributed by atoms with E-state index in [1.807, 2.05) is 13.8 Å². The third-order valence-electron chi connectivity index (χ3n) is 2.22. The molecule has 0 aromatic carbocycles. The van der Waals surface area contributed by atoms with Crippen LogP contribution >= 0.6 is 0 Å². The monoisotopic (exact) mass is 193 g/mol. The van der Waals surface area contributed by atoms with Crippen LogP contribution in [0.5, 0.6) is 0 Å². The first-order valence-electron chi connectivity index (χ1n) is 4.35. The first-order valence-corrected chi connectivity index (χ1v) is 6.17. The van der Waals surface area contributed by atoms with Crippen molar-refractivity contribution in [2.45, 2.75) is 33.2 Å². The Morgan fingerprint density at radius 3 is 2.17 bits per heavy atom. The minimum absolute atomic E-state index is 0.0806. The molecule has 2 unspecified atom stereocenters. The molecule has 4 heteroatoms. The molecule has 0 aromatic heterocycles. The summed E-state index contributed by atoms with van der Waals surface area (Å²) in [6, 6.07) is 0.0806. The largest absolute Gasteiger partial charge is 0.328 e. The van der Waals surface area contributed by atoms with Gasteiger partial charge in [0.05, 0.1) is 5.75 Å². The molecule has 0 saturated carbocycles. The van der Waals surface area contributed by atoms with Gasteiger partial charge in [0.15, 0.2) is 0 Å². The van der Waals surface area contributed by atoms with Gasteiger partial charge in [-0.2, -0.15) is 0 Å². The molecule has 0 bridgehead atoms. The van der Waals surface area contributed by atoms with Crippen LogP contribution in [0.25, 0.3) is 0 Å². The van der Waals surface area contributed by atoms with E-state index < -0.39 is 9.84 Å². The van der Waals surface area contributed by atoms with Crippen molar-refractivity contribution >= 4 is 9.84 Å². The Bertz CT molecular complexity index is 209. The van der Waals surface area contributed by atoms with Gasteiger partial charge in [-0.3, -0.25) is 0 Å². The summed E-state index contributed by atoms with van der Waals surface area (Å²) in [5.41, 5.74) is 5.61. The second-order valence-corrected chi connectivity index (χ2v) is 5.83. The van der Waals surface area contributed by atoms with Gasteiger partial charge in [-0.15, -0.1) is 0 Å². The lowest BCUT2D eigenvalue weighted by Crippen LogP contribution is -2.26. The van der Waals surface area contributed by atoms with Crippen molar-refractivity contribution in [3.63, 3.8) is 0 Å². The number of rotatable bonds is 5. The van der Waals surface area contributed by atoms with Gasteiger partial charge in [-0.1, -0.05) is 13.8 Å². The fraction of sp³-hybridized carbons (Fsp3) is 1.00. The summed E-state index contributed by atoms with van der Waals surface area (Å²) >= 11 is 0. The molecule has 0 spiro atoms. The van der Waals surface area contributed by atoms with E-state index in [0.29, 0.717) is 6.42 Å². The average molecular weight is 193 g/mol. The standard InChI is InChI=1S/C8H19NO2S/c1-4-12(10,11)6-5-7(2)8(3)9/h7-8H,4-6,9H2,1-3H3. The molecule has 12 heavy (non-hydrogen) atoms. The number of hydrogen-bond acceptors (Lipinski definition) is 3. The smallest absolute Gasteiger partial charge is 0.150 e. The number of hydrogen-bond donors (Lipinski definition) is 1. The van der Waals surface area contributed by atoms with Crippen LogP contribution in [0.3, 0.4) is 0 Å². The predicted molar refractivity (Wildman–Crippen MR) is 51.8 cm³/mol. The zero-order valence-corrected chi connectivity index (χ0v) is 8.89. The number of sulfone groups is 1. The van der Waals surface area contributed by atoms with E-state index in [2.05, 4.69) is 0 Å². The highest BCUT2D eigenvalue weighted by molar-refractivity contribution is 7.91. The van der Waals surface area contributed by atoms with Gasteiger partial charge in [-0.05, 0) is 19.3 Å². The second kappa shape index (κ2) is 4.82. The maximum Gasteiger partial charge on any atom is 0.150 e. The van der Waals surface area contributed by atoms with Crippen LogP contribution in [0.15, 0.2) is 0 Å².